The lowest BCUT2D eigenvalue weighted by atomic mass is 10.2. The van der Waals surface area contributed by atoms with Gasteiger partial charge in [0.2, 0.25) is 0 Å². The smallest absolute Gasteiger partial charge is 0.330 e. The van der Waals surface area contributed by atoms with Gasteiger partial charge in [0, 0.05) is 11.8 Å². The van der Waals surface area contributed by atoms with Gasteiger partial charge in [-0.3, -0.25) is 14.3 Å². The number of rotatable bonds is 2. The first-order chi connectivity index (χ1) is 8.45. The van der Waals surface area contributed by atoms with Crippen LogP contribution in [0.2, 0.25) is 0 Å². The summed E-state index contributed by atoms with van der Waals surface area (Å²) in [6, 6.07) is 0. The van der Waals surface area contributed by atoms with Crippen molar-refractivity contribution in [3.05, 3.63) is 32.6 Å². The maximum atomic E-state index is 11.7. The summed E-state index contributed by atoms with van der Waals surface area (Å²) < 4.78 is 6.41. The van der Waals surface area contributed by atoms with Gasteiger partial charge in [-0.15, -0.1) is 11.6 Å². The van der Waals surface area contributed by atoms with Gasteiger partial charge in [0.15, 0.2) is 6.23 Å². The van der Waals surface area contributed by atoms with E-state index in [2.05, 4.69) is 4.98 Å². The van der Waals surface area contributed by atoms with Gasteiger partial charge >= 0.3 is 5.69 Å². The molecule has 100 valence electrons. The van der Waals surface area contributed by atoms with Crippen LogP contribution in [-0.2, 0) is 4.74 Å². The fourth-order valence-electron chi connectivity index (χ4n) is 1.85. The number of H-pyrrole nitrogens is 1. The van der Waals surface area contributed by atoms with Crippen LogP contribution in [0.25, 0.3) is 0 Å². The lowest BCUT2D eigenvalue weighted by molar-refractivity contribution is -0.0458. The summed E-state index contributed by atoms with van der Waals surface area (Å²) in [5.74, 6) is 0. The van der Waals surface area contributed by atoms with Crippen LogP contribution in [0.15, 0.2) is 15.8 Å². The Morgan fingerprint density at radius 1 is 1.56 bits per heavy atom. The van der Waals surface area contributed by atoms with Gasteiger partial charge < -0.3 is 14.9 Å². The number of halogens is 1. The third-order valence-electron chi connectivity index (χ3n) is 2.89. The Balaban J connectivity index is 2.42. The first kappa shape index (κ1) is 13.3. The first-order valence-electron chi connectivity index (χ1n) is 5.36. The molecule has 1 saturated heterocycles. The van der Waals surface area contributed by atoms with E-state index in [1.807, 2.05) is 0 Å². The number of nitrogens with one attached hydrogen (secondary N) is 1. The van der Waals surface area contributed by atoms with Gasteiger partial charge in [0.05, 0.1) is 6.61 Å². The fraction of sp³-hybridized carbons (Fsp3) is 0.600. The molecule has 7 nitrogen and oxygen atoms in total. The number of alkyl halides is 1. The first-order valence-corrected chi connectivity index (χ1v) is 5.80. The molecule has 0 aliphatic carbocycles. The molecule has 0 saturated carbocycles. The van der Waals surface area contributed by atoms with Crippen molar-refractivity contribution in [2.24, 2.45) is 0 Å². The van der Waals surface area contributed by atoms with E-state index in [-0.39, 0.29) is 0 Å². The molecule has 2 rings (SSSR count). The van der Waals surface area contributed by atoms with Crippen molar-refractivity contribution < 1.29 is 14.9 Å². The standard InChI is InChI=1S/C10H13ClN2O5/c1-4-2-13(10(17)12-8(4)16)9-6(11)7(15)5(3-14)18-9/h2,5-7,9,14-15H,3H2,1H3,(H,12,16,17)/t5-,6-,7-,9-/m1/s1. The number of ether oxygens (including phenoxy) is 1. The van der Waals surface area contributed by atoms with Crippen molar-refractivity contribution >= 4 is 11.6 Å². The van der Waals surface area contributed by atoms with Crippen LogP contribution >= 0.6 is 11.6 Å². The second kappa shape index (κ2) is 4.85. The molecule has 18 heavy (non-hydrogen) atoms. The van der Waals surface area contributed by atoms with Crippen LogP contribution in [0.1, 0.15) is 11.8 Å². The largest absolute Gasteiger partial charge is 0.394 e. The Hall–Kier alpha value is -1.15. The Morgan fingerprint density at radius 2 is 2.22 bits per heavy atom. The summed E-state index contributed by atoms with van der Waals surface area (Å²) in [4.78, 5) is 25.0. The quantitative estimate of drug-likeness (QED) is 0.583. The number of aliphatic hydroxyl groups is 2. The molecule has 0 unspecified atom stereocenters. The predicted octanol–water partition coefficient (Wildman–Crippen LogP) is -1.30. The average molecular weight is 277 g/mol. The Labute approximate surface area is 107 Å². The number of aromatic nitrogens is 2. The highest BCUT2D eigenvalue weighted by Crippen LogP contribution is 2.32. The molecule has 0 bridgehead atoms. The van der Waals surface area contributed by atoms with Crippen LogP contribution in [-0.4, -0.2) is 44.0 Å². The minimum Gasteiger partial charge on any atom is -0.394 e. The third kappa shape index (κ3) is 2.10. The number of hydrogen-bond donors (Lipinski definition) is 3. The van der Waals surface area contributed by atoms with Crippen molar-refractivity contribution in [3.63, 3.8) is 0 Å². The van der Waals surface area contributed by atoms with E-state index in [9.17, 15) is 14.7 Å². The maximum absolute atomic E-state index is 11.7. The molecule has 1 aliphatic rings. The van der Waals surface area contributed by atoms with Crippen molar-refractivity contribution in [1.82, 2.24) is 9.55 Å². The summed E-state index contributed by atoms with van der Waals surface area (Å²) in [5.41, 5.74) is -0.837. The van der Waals surface area contributed by atoms with Gasteiger partial charge in [-0.05, 0) is 6.92 Å². The number of aromatic amines is 1. The van der Waals surface area contributed by atoms with E-state index in [1.165, 1.54) is 13.1 Å². The predicted molar refractivity (Wildman–Crippen MR) is 62.7 cm³/mol. The highest BCUT2D eigenvalue weighted by Gasteiger charge is 2.43. The van der Waals surface area contributed by atoms with E-state index >= 15 is 0 Å². The van der Waals surface area contributed by atoms with Gasteiger partial charge in [0.1, 0.15) is 17.6 Å². The molecule has 0 aromatic carbocycles. The average Bonchev–Trinajstić information content (AvgIpc) is 2.61. The molecule has 8 heteroatoms. The molecule has 0 spiro atoms. The Morgan fingerprint density at radius 3 is 2.78 bits per heavy atom. The zero-order chi connectivity index (χ0) is 13.4. The van der Waals surface area contributed by atoms with E-state index in [4.69, 9.17) is 21.4 Å². The Bertz CT molecular complexity index is 554. The van der Waals surface area contributed by atoms with Crippen LogP contribution in [0.5, 0.6) is 0 Å². The molecule has 3 N–H and O–H groups in total. The Kier molecular flexibility index (Phi) is 3.58. The minimum absolute atomic E-state index is 0.323. The fourth-order valence-corrected chi connectivity index (χ4v) is 2.20. The van der Waals surface area contributed by atoms with Crippen molar-refractivity contribution in [3.8, 4) is 0 Å². The third-order valence-corrected chi connectivity index (χ3v) is 3.37. The molecule has 0 amide bonds. The summed E-state index contributed by atoms with van der Waals surface area (Å²) in [6.45, 7) is 1.13. The van der Waals surface area contributed by atoms with Crippen LogP contribution in [0.4, 0.5) is 0 Å². The zero-order valence-corrected chi connectivity index (χ0v) is 10.3. The van der Waals surface area contributed by atoms with Crippen molar-refractivity contribution in [2.75, 3.05) is 6.61 Å². The lowest BCUT2D eigenvalue weighted by Crippen LogP contribution is -2.36. The second-order valence-electron chi connectivity index (χ2n) is 4.16. The molecule has 2 heterocycles. The summed E-state index contributed by atoms with van der Waals surface area (Å²) in [7, 11) is 0. The summed E-state index contributed by atoms with van der Waals surface area (Å²) in [5, 5.41) is 17.8. The van der Waals surface area contributed by atoms with E-state index in [1.54, 1.807) is 0 Å². The molecular formula is C10H13ClN2O5. The highest BCUT2D eigenvalue weighted by atomic mass is 35.5. The molecule has 0 radical (unpaired) electrons. The highest BCUT2D eigenvalue weighted by molar-refractivity contribution is 6.21. The maximum Gasteiger partial charge on any atom is 0.330 e. The molecule has 4 atom stereocenters. The molecule has 1 aromatic heterocycles. The molecule has 1 aliphatic heterocycles. The van der Waals surface area contributed by atoms with Crippen molar-refractivity contribution in [2.45, 2.75) is 30.7 Å². The molecule has 1 aromatic rings. The topological polar surface area (TPSA) is 105 Å². The number of nitrogens with zero attached hydrogens (tertiary/aromatic N) is 1. The zero-order valence-electron chi connectivity index (χ0n) is 9.54. The summed E-state index contributed by atoms with van der Waals surface area (Å²) >= 11 is 5.96. The van der Waals surface area contributed by atoms with Gasteiger partial charge in [-0.25, -0.2) is 4.79 Å². The van der Waals surface area contributed by atoms with Gasteiger partial charge in [-0.2, -0.15) is 0 Å². The van der Waals surface area contributed by atoms with E-state index in [0.717, 1.165) is 4.57 Å². The van der Waals surface area contributed by atoms with Crippen LogP contribution in [0, 0.1) is 6.92 Å². The summed E-state index contributed by atoms with van der Waals surface area (Å²) in [6.07, 6.45) is -1.55. The van der Waals surface area contributed by atoms with Crippen molar-refractivity contribution in [1.29, 1.82) is 0 Å². The SMILES string of the molecule is Cc1cn([C@@H]2O[C@H](CO)[C@@H](O)[C@H]2Cl)c(=O)[nH]c1=O. The molecular weight excluding hydrogens is 264 g/mol. The molecule has 1 fully saturated rings. The lowest BCUT2D eigenvalue weighted by Gasteiger charge is -2.16. The monoisotopic (exact) mass is 276 g/mol. The number of aryl methyl sites for hydroxylation is 1. The number of aliphatic hydroxyl groups excluding tert-OH is 2. The second-order valence-corrected chi connectivity index (χ2v) is 4.67. The van der Waals surface area contributed by atoms with Crippen LogP contribution in [0.3, 0.4) is 0 Å². The normalized spacial score (nSPS) is 31.8. The van der Waals surface area contributed by atoms with Gasteiger partial charge in [0.25, 0.3) is 5.56 Å². The van der Waals surface area contributed by atoms with Crippen LogP contribution < -0.4 is 11.2 Å². The van der Waals surface area contributed by atoms with E-state index in [0.29, 0.717) is 5.56 Å². The minimum atomic E-state index is -1.08. The van der Waals surface area contributed by atoms with Gasteiger partial charge in [-0.1, -0.05) is 0 Å². The van der Waals surface area contributed by atoms with E-state index < -0.39 is 41.7 Å². The number of hydrogen-bond acceptors (Lipinski definition) is 5.